The van der Waals surface area contributed by atoms with Gasteiger partial charge in [-0.2, -0.15) is 0 Å². The first kappa shape index (κ1) is 28.1. The molecule has 1 aromatic rings. The van der Waals surface area contributed by atoms with Crippen molar-refractivity contribution in [2.24, 2.45) is 0 Å². The third-order valence-electron chi connectivity index (χ3n) is 8.60. The highest BCUT2D eigenvalue weighted by Gasteiger charge is 2.59. The first-order chi connectivity index (χ1) is 18.5. The van der Waals surface area contributed by atoms with Crippen molar-refractivity contribution in [2.45, 2.75) is 86.8 Å². The Labute approximate surface area is 234 Å². The van der Waals surface area contributed by atoms with E-state index >= 15 is 0 Å². The zero-order valence-corrected chi connectivity index (χ0v) is 23.8. The third kappa shape index (κ3) is 5.21. The van der Waals surface area contributed by atoms with Crippen molar-refractivity contribution in [3.8, 4) is 11.5 Å². The minimum Gasteiger partial charge on any atom is -0.497 e. The molecule has 0 unspecified atom stereocenters. The highest BCUT2D eigenvalue weighted by molar-refractivity contribution is 6.23. The highest BCUT2D eigenvalue weighted by Crippen LogP contribution is 2.55. The molecule has 9 nitrogen and oxygen atoms in total. The average Bonchev–Trinajstić information content (AvgIpc) is 3.56. The van der Waals surface area contributed by atoms with Gasteiger partial charge in [-0.1, -0.05) is 0 Å². The summed E-state index contributed by atoms with van der Waals surface area (Å²) >= 11 is 6.34. The van der Waals surface area contributed by atoms with Gasteiger partial charge >= 0.3 is 11.9 Å². The molecule has 4 aliphatic rings. The van der Waals surface area contributed by atoms with Crippen LogP contribution in [0.15, 0.2) is 24.0 Å². The van der Waals surface area contributed by atoms with Gasteiger partial charge in [-0.05, 0) is 88.3 Å². The van der Waals surface area contributed by atoms with Gasteiger partial charge in [-0.3, -0.25) is 9.69 Å². The molecule has 3 aliphatic heterocycles. The largest absolute Gasteiger partial charge is 0.497 e. The van der Waals surface area contributed by atoms with Crippen LogP contribution in [-0.4, -0.2) is 78.2 Å². The van der Waals surface area contributed by atoms with Crippen LogP contribution in [0.1, 0.15) is 69.4 Å². The van der Waals surface area contributed by atoms with Gasteiger partial charge in [-0.15, -0.1) is 11.6 Å². The second-order valence-electron chi connectivity index (χ2n) is 11.6. The van der Waals surface area contributed by atoms with Crippen molar-refractivity contribution < 1.29 is 38.4 Å². The number of halogens is 1. The normalized spacial score (nSPS) is 27.0. The quantitative estimate of drug-likeness (QED) is 0.354. The summed E-state index contributed by atoms with van der Waals surface area (Å²) in [5, 5.41) is 11.5. The number of ether oxygens (including phenoxy) is 5. The lowest BCUT2D eigenvalue weighted by molar-refractivity contribution is -0.178. The Bertz CT molecular complexity index is 1160. The van der Waals surface area contributed by atoms with Crippen molar-refractivity contribution in [3.63, 3.8) is 0 Å². The number of carbonyl (C=O) groups excluding carboxylic acids is 2. The highest BCUT2D eigenvalue weighted by atomic mass is 35.5. The van der Waals surface area contributed by atoms with E-state index < -0.39 is 40.5 Å². The molecule has 0 amide bonds. The second-order valence-corrected chi connectivity index (χ2v) is 12.7. The summed E-state index contributed by atoms with van der Waals surface area (Å²) in [4.78, 5) is 28.0. The predicted molar refractivity (Wildman–Crippen MR) is 143 cm³/mol. The third-order valence-corrected chi connectivity index (χ3v) is 8.79. The topological polar surface area (TPSA) is 104 Å². The monoisotopic (exact) mass is 563 g/mol. The lowest BCUT2D eigenvalue weighted by atomic mass is 9.77. The lowest BCUT2D eigenvalue weighted by Crippen LogP contribution is -2.49. The van der Waals surface area contributed by atoms with E-state index in [1.54, 1.807) is 7.11 Å². The molecule has 39 heavy (non-hydrogen) atoms. The van der Waals surface area contributed by atoms with Crippen LogP contribution in [0.2, 0.25) is 0 Å². The smallest absolute Gasteiger partial charge is 0.339 e. The number of fused-ring (bicyclic) bond motifs is 3. The number of hydrogen-bond acceptors (Lipinski definition) is 9. The standard InChI is InChI=1S/C29H38ClNO8/c1-27(2,30)8-5-10-29(34,16-23(32)36-4)26(33)39-25-22(35-3)15-28-9-6-11-31(28)12-7-18-13-20-21(38-17-37-20)14-19(18)24(25)28/h13-15,24-25,34H,5-12,16-17H2,1-4H3/t24-,25-,28+,29-/m1/s1. The number of benzene rings is 1. The predicted octanol–water partition coefficient (Wildman–Crippen LogP) is 3.83. The maximum absolute atomic E-state index is 13.8. The van der Waals surface area contributed by atoms with Crippen LogP contribution >= 0.6 is 11.6 Å². The van der Waals surface area contributed by atoms with E-state index in [1.165, 1.54) is 7.11 Å². The molecule has 1 N–H and O–H groups in total. The maximum Gasteiger partial charge on any atom is 0.339 e. The molecule has 214 valence electrons. The van der Waals surface area contributed by atoms with E-state index in [9.17, 15) is 14.7 Å². The number of nitrogens with zero attached hydrogens (tertiary/aromatic N) is 1. The fraction of sp³-hybridized carbons (Fsp3) is 0.655. The van der Waals surface area contributed by atoms with Crippen molar-refractivity contribution in [2.75, 3.05) is 34.1 Å². The summed E-state index contributed by atoms with van der Waals surface area (Å²) in [5.74, 6) is 0.0622. The Hall–Kier alpha value is -2.49. The van der Waals surface area contributed by atoms with Crippen LogP contribution in [0.5, 0.6) is 11.5 Å². The number of hydrogen-bond donors (Lipinski definition) is 1. The molecular weight excluding hydrogens is 526 g/mol. The van der Waals surface area contributed by atoms with Crippen LogP contribution in [-0.2, 0) is 30.2 Å². The van der Waals surface area contributed by atoms with Crippen LogP contribution in [0, 0.1) is 0 Å². The number of carbonyl (C=O) groups is 2. The van der Waals surface area contributed by atoms with Gasteiger partial charge in [0.1, 0.15) is 5.76 Å². The van der Waals surface area contributed by atoms with Crippen LogP contribution in [0.25, 0.3) is 0 Å². The summed E-state index contributed by atoms with van der Waals surface area (Å²) in [6.45, 7) is 5.66. The zero-order chi connectivity index (χ0) is 28.0. The molecule has 0 radical (unpaired) electrons. The average molecular weight is 564 g/mol. The molecule has 3 heterocycles. The number of methoxy groups -OCH3 is 2. The fourth-order valence-corrected chi connectivity index (χ4v) is 6.83. The number of aliphatic hydroxyl groups is 1. The first-order valence-corrected chi connectivity index (χ1v) is 14.0. The molecule has 1 fully saturated rings. The maximum atomic E-state index is 13.8. The fourth-order valence-electron chi connectivity index (χ4n) is 6.69. The lowest BCUT2D eigenvalue weighted by Gasteiger charge is -2.39. The summed E-state index contributed by atoms with van der Waals surface area (Å²) < 4.78 is 28.2. The Kier molecular flexibility index (Phi) is 7.54. The Balaban J connectivity index is 1.50. The Morgan fingerprint density at radius 1 is 1.18 bits per heavy atom. The number of rotatable bonds is 9. The first-order valence-electron chi connectivity index (χ1n) is 13.6. The van der Waals surface area contributed by atoms with Gasteiger partial charge in [0, 0.05) is 11.4 Å². The van der Waals surface area contributed by atoms with Gasteiger partial charge < -0.3 is 28.8 Å². The van der Waals surface area contributed by atoms with E-state index in [2.05, 4.69) is 11.0 Å². The number of alkyl halides is 1. The molecule has 1 aromatic carbocycles. The Morgan fingerprint density at radius 3 is 2.62 bits per heavy atom. The molecule has 0 aromatic heterocycles. The molecule has 1 spiro atoms. The summed E-state index contributed by atoms with van der Waals surface area (Å²) in [6, 6.07) is 4.03. The molecule has 5 rings (SSSR count). The van der Waals surface area contributed by atoms with Crippen molar-refractivity contribution in [3.05, 3.63) is 35.1 Å². The van der Waals surface area contributed by atoms with Crippen molar-refractivity contribution in [1.82, 2.24) is 4.90 Å². The molecule has 0 bridgehead atoms. The van der Waals surface area contributed by atoms with Crippen molar-refractivity contribution >= 4 is 23.5 Å². The summed E-state index contributed by atoms with van der Waals surface area (Å²) in [6.07, 6.45) is 4.46. The minimum atomic E-state index is -2.07. The second kappa shape index (κ2) is 10.5. The summed E-state index contributed by atoms with van der Waals surface area (Å²) in [7, 11) is 2.79. The minimum absolute atomic E-state index is 0.00699. The van der Waals surface area contributed by atoms with Gasteiger partial charge in [-0.25, -0.2) is 4.79 Å². The number of esters is 2. The molecule has 1 saturated heterocycles. The van der Waals surface area contributed by atoms with Crippen LogP contribution < -0.4 is 9.47 Å². The van der Waals surface area contributed by atoms with Gasteiger partial charge in [0.2, 0.25) is 6.79 Å². The molecule has 0 saturated carbocycles. The SMILES string of the molecule is COC(=O)C[C@](O)(CCCC(C)(C)Cl)C(=O)O[C@@H]1C(OC)=C[C@]23CCCN2CCc2cc4c(cc2[C@H]13)OCO4. The summed E-state index contributed by atoms with van der Waals surface area (Å²) in [5.41, 5.74) is -0.343. The Morgan fingerprint density at radius 2 is 1.92 bits per heavy atom. The van der Waals surface area contributed by atoms with Crippen molar-refractivity contribution in [1.29, 1.82) is 0 Å². The van der Waals surface area contributed by atoms with E-state index in [-0.39, 0.29) is 19.1 Å². The van der Waals surface area contributed by atoms with Crippen LogP contribution in [0.3, 0.4) is 0 Å². The molecule has 4 atom stereocenters. The van der Waals surface area contributed by atoms with E-state index in [4.69, 9.17) is 35.3 Å². The molecule has 1 aliphatic carbocycles. The zero-order valence-electron chi connectivity index (χ0n) is 23.1. The van der Waals surface area contributed by atoms with E-state index in [1.807, 2.05) is 26.0 Å². The molecule has 10 heteroatoms. The van der Waals surface area contributed by atoms with E-state index in [0.717, 1.165) is 43.5 Å². The van der Waals surface area contributed by atoms with E-state index in [0.29, 0.717) is 30.1 Å². The van der Waals surface area contributed by atoms with Gasteiger partial charge in [0.15, 0.2) is 23.2 Å². The molecular formula is C29H38ClNO8. The van der Waals surface area contributed by atoms with Crippen LogP contribution in [0.4, 0.5) is 0 Å². The van der Waals surface area contributed by atoms with Gasteiger partial charge in [0.05, 0.1) is 32.1 Å². The van der Waals surface area contributed by atoms with Gasteiger partial charge in [0.25, 0.3) is 0 Å².